The summed E-state index contributed by atoms with van der Waals surface area (Å²) in [6.45, 7) is 1.97. The Bertz CT molecular complexity index is 549. The first-order valence-corrected chi connectivity index (χ1v) is 8.38. The summed E-state index contributed by atoms with van der Waals surface area (Å²) < 4.78 is 13.4. The Labute approximate surface area is 125 Å². The van der Waals surface area contributed by atoms with Gasteiger partial charge in [0.2, 0.25) is 0 Å². The Morgan fingerprint density at radius 2 is 1.71 bits per heavy atom. The maximum Gasteiger partial charge on any atom is 0.140 e. The van der Waals surface area contributed by atoms with Crippen molar-refractivity contribution < 1.29 is 9.18 Å². The number of hydrogen-bond donors (Lipinski definition) is 0. The summed E-state index contributed by atoms with van der Waals surface area (Å²) in [7, 11) is 0. The van der Waals surface area contributed by atoms with Gasteiger partial charge in [-0.2, -0.15) is 0 Å². The molecular weight excluding hydrogens is 263 g/mol. The largest absolute Gasteiger partial charge is 0.299 e. The van der Waals surface area contributed by atoms with E-state index in [4.69, 9.17) is 0 Å². The third-order valence-corrected chi connectivity index (χ3v) is 6.27. The van der Waals surface area contributed by atoms with Crippen LogP contribution in [0, 0.1) is 42.3 Å². The molecule has 0 unspecified atom stereocenters. The molecule has 0 heterocycles. The molecule has 4 saturated carbocycles. The van der Waals surface area contributed by atoms with Gasteiger partial charge >= 0.3 is 0 Å². The van der Waals surface area contributed by atoms with Gasteiger partial charge in [-0.15, -0.1) is 0 Å². The van der Waals surface area contributed by atoms with E-state index in [0.29, 0.717) is 24.0 Å². The predicted molar refractivity (Wildman–Crippen MR) is 80.4 cm³/mol. The first-order chi connectivity index (χ1) is 10.1. The topological polar surface area (TPSA) is 17.1 Å². The van der Waals surface area contributed by atoms with Gasteiger partial charge in [0.15, 0.2) is 0 Å². The number of Topliss-reactive ketones (excluding diaryl/α,β-unsaturated/α-hetero) is 1. The summed E-state index contributed by atoms with van der Waals surface area (Å²) in [4.78, 5) is 12.8. The second-order valence-electron chi connectivity index (χ2n) is 7.67. The van der Waals surface area contributed by atoms with Crippen LogP contribution in [0.1, 0.15) is 43.2 Å². The van der Waals surface area contributed by atoms with Crippen LogP contribution in [0.2, 0.25) is 0 Å². The molecule has 4 aliphatic rings. The summed E-state index contributed by atoms with van der Waals surface area (Å²) in [6, 6.07) is 4.81. The van der Waals surface area contributed by atoms with Crippen LogP contribution < -0.4 is 0 Å². The maximum atomic E-state index is 13.4. The molecule has 112 valence electrons. The molecule has 1 nitrogen and oxygen atoms in total. The minimum atomic E-state index is -0.228. The highest BCUT2D eigenvalue weighted by Gasteiger charge is 2.50. The summed E-state index contributed by atoms with van der Waals surface area (Å²) in [6.07, 6.45) is 6.92. The molecule has 0 N–H and O–H groups in total. The van der Waals surface area contributed by atoms with E-state index >= 15 is 0 Å². The van der Waals surface area contributed by atoms with Crippen molar-refractivity contribution in [2.75, 3.05) is 0 Å². The highest BCUT2D eigenvalue weighted by molar-refractivity contribution is 5.84. The van der Waals surface area contributed by atoms with E-state index in [9.17, 15) is 9.18 Å². The number of halogens is 1. The standard InChI is InChI=1S/C19H23FO/c1-11-2-3-17(20)9-14(11)10-18(21)19-15-5-12-4-13(7-15)8-16(19)6-12/h2-3,9,12-13,15-16,19H,4-8,10H2,1H3. The van der Waals surface area contributed by atoms with Crippen LogP contribution in [0.25, 0.3) is 0 Å². The van der Waals surface area contributed by atoms with E-state index in [1.165, 1.54) is 38.2 Å². The molecule has 0 atom stereocenters. The van der Waals surface area contributed by atoms with Crippen molar-refractivity contribution in [1.82, 2.24) is 0 Å². The summed E-state index contributed by atoms with van der Waals surface area (Å²) >= 11 is 0. The molecular formula is C19H23FO. The van der Waals surface area contributed by atoms with Crippen molar-refractivity contribution in [3.8, 4) is 0 Å². The molecule has 0 aliphatic heterocycles. The van der Waals surface area contributed by atoms with Gasteiger partial charge in [-0.25, -0.2) is 4.39 Å². The van der Waals surface area contributed by atoms with Crippen LogP contribution in [0.15, 0.2) is 18.2 Å². The molecule has 1 aromatic carbocycles. The average molecular weight is 286 g/mol. The van der Waals surface area contributed by atoms with Crippen molar-refractivity contribution in [3.63, 3.8) is 0 Å². The number of benzene rings is 1. The van der Waals surface area contributed by atoms with Crippen molar-refractivity contribution in [3.05, 3.63) is 35.1 Å². The van der Waals surface area contributed by atoms with Crippen LogP contribution >= 0.6 is 0 Å². The average Bonchev–Trinajstić information content (AvgIpc) is 2.41. The van der Waals surface area contributed by atoms with Gasteiger partial charge in [-0.1, -0.05) is 6.07 Å². The fourth-order valence-corrected chi connectivity index (χ4v) is 5.59. The lowest BCUT2D eigenvalue weighted by Crippen LogP contribution is -2.48. The van der Waals surface area contributed by atoms with Crippen molar-refractivity contribution in [2.45, 2.75) is 45.4 Å². The summed E-state index contributed by atoms with van der Waals surface area (Å²) in [5.74, 6) is 3.46. The zero-order valence-corrected chi connectivity index (χ0v) is 12.6. The molecule has 2 heteroatoms. The molecule has 4 bridgehead atoms. The number of rotatable bonds is 3. The zero-order valence-electron chi connectivity index (χ0n) is 12.6. The number of carbonyl (C=O) groups is 1. The SMILES string of the molecule is Cc1ccc(F)cc1CC(=O)C1C2CC3CC(C2)CC1C3. The smallest absolute Gasteiger partial charge is 0.140 e. The van der Waals surface area contributed by atoms with Crippen LogP contribution in [-0.4, -0.2) is 5.78 Å². The fourth-order valence-electron chi connectivity index (χ4n) is 5.59. The normalized spacial score (nSPS) is 37.0. The second-order valence-corrected chi connectivity index (χ2v) is 7.67. The molecule has 0 aromatic heterocycles. The van der Waals surface area contributed by atoms with Crippen molar-refractivity contribution in [1.29, 1.82) is 0 Å². The van der Waals surface area contributed by atoms with E-state index in [1.54, 1.807) is 12.1 Å². The molecule has 0 spiro atoms. The van der Waals surface area contributed by atoms with E-state index in [1.807, 2.05) is 6.92 Å². The van der Waals surface area contributed by atoms with Gasteiger partial charge in [0.05, 0.1) is 0 Å². The Morgan fingerprint density at radius 1 is 1.10 bits per heavy atom. The number of aryl methyl sites for hydroxylation is 1. The maximum absolute atomic E-state index is 13.4. The molecule has 4 aliphatic carbocycles. The van der Waals surface area contributed by atoms with Gasteiger partial charge in [0.25, 0.3) is 0 Å². The van der Waals surface area contributed by atoms with Gasteiger partial charge < -0.3 is 0 Å². The molecule has 5 rings (SSSR count). The minimum Gasteiger partial charge on any atom is -0.299 e. The van der Waals surface area contributed by atoms with Crippen LogP contribution in [0.3, 0.4) is 0 Å². The highest BCUT2D eigenvalue weighted by atomic mass is 19.1. The highest BCUT2D eigenvalue weighted by Crippen LogP contribution is 2.56. The number of hydrogen-bond acceptors (Lipinski definition) is 1. The molecule has 21 heavy (non-hydrogen) atoms. The Balaban J connectivity index is 1.54. The van der Waals surface area contributed by atoms with Crippen molar-refractivity contribution in [2.24, 2.45) is 29.6 Å². The van der Waals surface area contributed by atoms with E-state index in [-0.39, 0.29) is 11.7 Å². The molecule has 1 aromatic rings. The summed E-state index contributed by atoms with van der Waals surface area (Å²) in [5.41, 5.74) is 1.92. The Morgan fingerprint density at radius 3 is 2.33 bits per heavy atom. The second kappa shape index (κ2) is 4.93. The predicted octanol–water partition coefficient (Wildman–Crippen LogP) is 4.32. The van der Waals surface area contributed by atoms with Gasteiger partial charge in [-0.05, 0) is 86.0 Å². The quantitative estimate of drug-likeness (QED) is 0.809. The van der Waals surface area contributed by atoms with Crippen LogP contribution in [-0.2, 0) is 11.2 Å². The molecule has 0 amide bonds. The number of carbonyl (C=O) groups excluding carboxylic acids is 1. The Kier molecular flexibility index (Phi) is 3.16. The van der Waals surface area contributed by atoms with Gasteiger partial charge in [0.1, 0.15) is 11.6 Å². The third kappa shape index (κ3) is 2.33. The van der Waals surface area contributed by atoms with Crippen LogP contribution in [0.4, 0.5) is 4.39 Å². The van der Waals surface area contributed by atoms with Gasteiger partial charge in [0, 0.05) is 12.3 Å². The van der Waals surface area contributed by atoms with E-state index in [2.05, 4.69) is 0 Å². The lowest BCUT2D eigenvalue weighted by molar-refractivity contribution is -0.135. The summed E-state index contributed by atoms with van der Waals surface area (Å²) in [5, 5.41) is 0. The monoisotopic (exact) mass is 286 g/mol. The zero-order chi connectivity index (χ0) is 14.6. The van der Waals surface area contributed by atoms with Crippen LogP contribution in [0.5, 0.6) is 0 Å². The molecule has 0 saturated heterocycles. The first-order valence-electron chi connectivity index (χ1n) is 8.38. The fraction of sp³-hybridized carbons (Fsp3) is 0.632. The lowest BCUT2D eigenvalue weighted by Gasteiger charge is -2.53. The van der Waals surface area contributed by atoms with E-state index in [0.717, 1.165) is 23.0 Å². The third-order valence-electron chi connectivity index (χ3n) is 6.27. The molecule has 0 radical (unpaired) electrons. The van der Waals surface area contributed by atoms with E-state index < -0.39 is 0 Å². The number of ketones is 1. The first kappa shape index (κ1) is 13.5. The van der Waals surface area contributed by atoms with Crippen molar-refractivity contribution >= 4 is 5.78 Å². The lowest BCUT2D eigenvalue weighted by atomic mass is 9.51. The Hall–Kier alpha value is -1.18. The molecule has 4 fully saturated rings. The van der Waals surface area contributed by atoms with Gasteiger partial charge in [-0.3, -0.25) is 4.79 Å². The minimum absolute atomic E-state index is 0.228.